The van der Waals surface area contributed by atoms with Crippen molar-refractivity contribution in [2.45, 2.75) is 20.3 Å². The number of carbonyl (C=O) groups is 1. The van der Waals surface area contributed by atoms with E-state index in [2.05, 4.69) is 28.9 Å². The minimum Gasteiger partial charge on any atom is -0.327 e. The number of thiazole rings is 1. The first-order valence-corrected chi connectivity index (χ1v) is 5.95. The SMILES string of the molecule is C[CH-]Cc1ccc2nc(NC(C)=O)sc2c1.[W]. The number of benzene rings is 1. The molecule has 0 aliphatic carbocycles. The van der Waals surface area contributed by atoms with Crippen LogP contribution in [0.2, 0.25) is 0 Å². The van der Waals surface area contributed by atoms with Gasteiger partial charge in [-0.15, -0.1) is 0 Å². The van der Waals surface area contributed by atoms with Gasteiger partial charge >= 0.3 is 0 Å². The number of aromatic nitrogens is 1. The molecule has 0 aliphatic heterocycles. The Hall–Kier alpha value is -0.732. The maximum Gasteiger partial charge on any atom is 0.223 e. The fraction of sp³-hybridized carbons (Fsp3) is 0.250. The van der Waals surface area contributed by atoms with Gasteiger partial charge < -0.3 is 11.7 Å². The number of nitrogens with one attached hydrogen (secondary N) is 1. The summed E-state index contributed by atoms with van der Waals surface area (Å²) in [5.41, 5.74) is 2.21. The van der Waals surface area contributed by atoms with Gasteiger partial charge in [0.25, 0.3) is 0 Å². The van der Waals surface area contributed by atoms with Crippen molar-refractivity contribution in [3.63, 3.8) is 0 Å². The molecule has 1 aromatic heterocycles. The van der Waals surface area contributed by atoms with E-state index in [0.717, 1.165) is 16.6 Å². The van der Waals surface area contributed by atoms with Crippen LogP contribution in [0.4, 0.5) is 5.13 Å². The number of hydrogen-bond donors (Lipinski definition) is 1. The zero-order valence-corrected chi connectivity index (χ0v) is 13.4. The quantitative estimate of drug-likeness (QED) is 0.781. The molecule has 0 aliphatic rings. The Labute approximate surface area is 119 Å². The maximum atomic E-state index is 10.9. The van der Waals surface area contributed by atoms with Gasteiger partial charge in [-0.25, -0.2) is 4.98 Å². The summed E-state index contributed by atoms with van der Waals surface area (Å²) >= 11 is 1.51. The Balaban J connectivity index is 0.00000144. The fourth-order valence-electron chi connectivity index (χ4n) is 1.54. The van der Waals surface area contributed by atoms with Crippen LogP contribution in [0.1, 0.15) is 19.4 Å². The largest absolute Gasteiger partial charge is 0.327 e. The number of fused-ring (bicyclic) bond motifs is 1. The number of anilines is 1. The van der Waals surface area contributed by atoms with Crippen LogP contribution in [-0.2, 0) is 32.3 Å². The minimum absolute atomic E-state index is 0. The second kappa shape index (κ2) is 6.27. The first-order chi connectivity index (χ1) is 7.69. The van der Waals surface area contributed by atoms with Crippen LogP contribution in [0.15, 0.2) is 18.2 Å². The molecule has 1 aromatic carbocycles. The average molecular weight is 417 g/mol. The Morgan fingerprint density at radius 3 is 2.94 bits per heavy atom. The molecule has 0 bridgehead atoms. The van der Waals surface area contributed by atoms with Gasteiger partial charge in [0.15, 0.2) is 5.13 Å². The predicted molar refractivity (Wildman–Crippen MR) is 67.6 cm³/mol. The Morgan fingerprint density at radius 1 is 1.53 bits per heavy atom. The summed E-state index contributed by atoms with van der Waals surface area (Å²) in [6.07, 6.45) is 3.08. The second-order valence-electron chi connectivity index (χ2n) is 3.61. The molecule has 1 heterocycles. The van der Waals surface area contributed by atoms with Gasteiger partial charge in [0.1, 0.15) is 0 Å². The molecule has 2 rings (SSSR count). The molecule has 0 unspecified atom stereocenters. The van der Waals surface area contributed by atoms with E-state index in [1.54, 1.807) is 0 Å². The monoisotopic (exact) mass is 417 g/mol. The molecular weight excluding hydrogens is 404 g/mol. The molecule has 0 atom stereocenters. The number of hydrogen-bond acceptors (Lipinski definition) is 3. The molecule has 1 N–H and O–H groups in total. The van der Waals surface area contributed by atoms with Crippen molar-refractivity contribution in [2.24, 2.45) is 0 Å². The van der Waals surface area contributed by atoms with Crippen LogP contribution in [0.3, 0.4) is 0 Å². The molecule has 0 radical (unpaired) electrons. The smallest absolute Gasteiger partial charge is 0.223 e. The van der Waals surface area contributed by atoms with Crippen LogP contribution >= 0.6 is 11.3 Å². The van der Waals surface area contributed by atoms with E-state index < -0.39 is 0 Å². The average Bonchev–Trinajstić information content (AvgIpc) is 2.58. The second-order valence-corrected chi connectivity index (χ2v) is 4.65. The van der Waals surface area contributed by atoms with Crippen molar-refractivity contribution in [2.75, 3.05) is 5.32 Å². The van der Waals surface area contributed by atoms with E-state index in [0.29, 0.717) is 5.13 Å². The van der Waals surface area contributed by atoms with Crippen LogP contribution in [0.25, 0.3) is 10.2 Å². The van der Waals surface area contributed by atoms with Crippen molar-refractivity contribution < 1.29 is 25.9 Å². The van der Waals surface area contributed by atoms with Gasteiger partial charge in [0.05, 0.1) is 10.2 Å². The fourth-order valence-corrected chi connectivity index (χ4v) is 2.51. The third-order valence-corrected chi connectivity index (χ3v) is 3.11. The summed E-state index contributed by atoms with van der Waals surface area (Å²) < 4.78 is 1.11. The van der Waals surface area contributed by atoms with Gasteiger partial charge in [-0.05, 0) is 12.1 Å². The van der Waals surface area contributed by atoms with E-state index in [9.17, 15) is 4.79 Å². The first kappa shape index (κ1) is 14.3. The van der Waals surface area contributed by atoms with Gasteiger partial charge in [-0.1, -0.05) is 23.0 Å². The van der Waals surface area contributed by atoms with Crippen LogP contribution in [0, 0.1) is 6.42 Å². The van der Waals surface area contributed by atoms with Crippen LogP contribution in [0.5, 0.6) is 0 Å². The third kappa shape index (κ3) is 3.61. The van der Waals surface area contributed by atoms with E-state index in [1.807, 2.05) is 13.0 Å². The molecule has 17 heavy (non-hydrogen) atoms. The van der Waals surface area contributed by atoms with Gasteiger partial charge in [0.2, 0.25) is 5.91 Å². The molecule has 2 aromatic rings. The molecule has 90 valence electrons. The third-order valence-electron chi connectivity index (χ3n) is 2.18. The standard InChI is InChI=1S/C12H13N2OS.W/c1-3-4-9-5-6-10-11(7-9)16-12(14-10)13-8(2)15;/h3,5-7H,4H2,1-2H3,(H,13,14,15);/q-1;. The van der Waals surface area contributed by atoms with Crippen molar-refractivity contribution in [1.82, 2.24) is 4.98 Å². The van der Waals surface area contributed by atoms with Gasteiger partial charge in [-0.3, -0.25) is 4.79 Å². The zero-order valence-electron chi connectivity index (χ0n) is 9.69. The maximum absolute atomic E-state index is 10.9. The number of amides is 1. The normalized spacial score (nSPS) is 10.0. The molecule has 5 heteroatoms. The Morgan fingerprint density at radius 2 is 2.29 bits per heavy atom. The Kier molecular flexibility index (Phi) is 5.28. The zero-order chi connectivity index (χ0) is 11.5. The van der Waals surface area contributed by atoms with Crippen molar-refractivity contribution in [1.29, 1.82) is 0 Å². The van der Waals surface area contributed by atoms with Gasteiger partial charge in [0, 0.05) is 28.0 Å². The van der Waals surface area contributed by atoms with Crippen molar-refractivity contribution >= 4 is 32.6 Å². The summed E-state index contributed by atoms with van der Waals surface area (Å²) in [5, 5.41) is 3.37. The minimum atomic E-state index is -0.0822. The Bertz CT molecular complexity index is 524. The van der Waals surface area contributed by atoms with Crippen LogP contribution < -0.4 is 5.32 Å². The molecule has 0 fully saturated rings. The molecular formula is C12H13N2OSW-. The van der Waals surface area contributed by atoms with E-state index >= 15 is 0 Å². The van der Waals surface area contributed by atoms with E-state index in [-0.39, 0.29) is 27.0 Å². The molecule has 0 saturated carbocycles. The van der Waals surface area contributed by atoms with E-state index in [4.69, 9.17) is 0 Å². The number of nitrogens with zero attached hydrogens (tertiary/aromatic N) is 1. The molecule has 3 nitrogen and oxygen atoms in total. The van der Waals surface area contributed by atoms with Crippen LogP contribution in [-0.4, -0.2) is 10.9 Å². The van der Waals surface area contributed by atoms with Crippen molar-refractivity contribution in [3.8, 4) is 0 Å². The summed E-state index contributed by atoms with van der Waals surface area (Å²) in [5.74, 6) is -0.0822. The summed E-state index contributed by atoms with van der Waals surface area (Å²) in [6.45, 7) is 3.53. The first-order valence-electron chi connectivity index (χ1n) is 5.14. The molecule has 0 saturated heterocycles. The van der Waals surface area contributed by atoms with Crippen molar-refractivity contribution in [3.05, 3.63) is 30.2 Å². The van der Waals surface area contributed by atoms with E-state index in [1.165, 1.54) is 23.8 Å². The summed E-state index contributed by atoms with van der Waals surface area (Å²) in [7, 11) is 0. The number of carbonyl (C=O) groups excluding carboxylic acids is 1. The number of rotatable bonds is 3. The topological polar surface area (TPSA) is 42.0 Å². The molecule has 1 amide bonds. The molecule has 0 spiro atoms. The summed E-state index contributed by atoms with van der Waals surface area (Å²) in [4.78, 5) is 15.2. The van der Waals surface area contributed by atoms with Gasteiger partial charge in [-0.2, -0.15) is 13.3 Å². The summed E-state index contributed by atoms with van der Waals surface area (Å²) in [6, 6.07) is 6.19. The predicted octanol–water partition coefficient (Wildman–Crippen LogP) is 3.02.